The SMILES string of the molecule is COC1C(CO)OC(SCN)C(NC(C)=O)C1O. The number of aliphatic hydroxyl groups excluding tert-OH is 2. The maximum atomic E-state index is 11.1. The van der Waals surface area contributed by atoms with Crippen LogP contribution in [-0.2, 0) is 14.3 Å². The molecule has 8 heteroatoms. The maximum Gasteiger partial charge on any atom is 0.217 e. The van der Waals surface area contributed by atoms with E-state index in [0.717, 1.165) is 0 Å². The number of hydrogen-bond acceptors (Lipinski definition) is 7. The van der Waals surface area contributed by atoms with Crippen molar-refractivity contribution in [3.63, 3.8) is 0 Å². The molecule has 0 saturated carbocycles. The van der Waals surface area contributed by atoms with Crippen LogP contribution in [0.5, 0.6) is 0 Å². The summed E-state index contributed by atoms with van der Waals surface area (Å²) in [5.41, 5.74) is 4.93. The summed E-state index contributed by atoms with van der Waals surface area (Å²) in [4.78, 5) is 11.1. The van der Waals surface area contributed by atoms with Crippen molar-refractivity contribution >= 4 is 17.7 Å². The Bertz CT molecular complexity index is 279. The Morgan fingerprint density at radius 2 is 2.28 bits per heavy atom. The number of nitrogens with one attached hydrogen (secondary N) is 1. The topological polar surface area (TPSA) is 114 Å². The first kappa shape index (κ1) is 15.7. The molecule has 0 aromatic carbocycles. The number of ether oxygens (including phenoxy) is 2. The summed E-state index contributed by atoms with van der Waals surface area (Å²) in [6.07, 6.45) is -2.30. The standard InChI is InChI=1S/C10H20N2O5S/c1-5(14)12-7-8(15)9(16-2)6(3-13)17-10(7)18-4-11/h6-10,13,15H,3-4,11H2,1-2H3,(H,12,14). The third-order valence-electron chi connectivity index (χ3n) is 2.76. The second-order valence-corrected chi connectivity index (χ2v) is 5.11. The molecule has 5 unspecified atom stereocenters. The second-order valence-electron chi connectivity index (χ2n) is 3.98. The van der Waals surface area contributed by atoms with E-state index in [9.17, 15) is 15.0 Å². The zero-order chi connectivity index (χ0) is 13.7. The van der Waals surface area contributed by atoms with E-state index in [4.69, 9.17) is 15.2 Å². The van der Waals surface area contributed by atoms with Gasteiger partial charge in [0.25, 0.3) is 0 Å². The van der Waals surface area contributed by atoms with E-state index in [0.29, 0.717) is 0 Å². The van der Waals surface area contributed by atoms with Crippen molar-refractivity contribution in [3.8, 4) is 0 Å². The Kier molecular flexibility index (Phi) is 6.33. The molecule has 18 heavy (non-hydrogen) atoms. The predicted octanol–water partition coefficient (Wildman–Crippen LogP) is -1.77. The van der Waals surface area contributed by atoms with Gasteiger partial charge in [-0.1, -0.05) is 0 Å². The Morgan fingerprint density at radius 1 is 1.61 bits per heavy atom. The third kappa shape index (κ3) is 3.56. The molecule has 1 heterocycles. The van der Waals surface area contributed by atoms with Gasteiger partial charge in [-0.25, -0.2) is 0 Å². The number of amides is 1. The molecule has 0 aromatic heterocycles. The first-order chi connectivity index (χ1) is 8.54. The lowest BCUT2D eigenvalue weighted by molar-refractivity contribution is -0.183. The highest BCUT2D eigenvalue weighted by Crippen LogP contribution is 2.29. The number of rotatable bonds is 5. The van der Waals surface area contributed by atoms with Gasteiger partial charge in [0.1, 0.15) is 23.7 Å². The first-order valence-electron chi connectivity index (χ1n) is 5.61. The van der Waals surface area contributed by atoms with Crippen LogP contribution in [0.3, 0.4) is 0 Å². The van der Waals surface area contributed by atoms with Crippen molar-refractivity contribution in [1.29, 1.82) is 0 Å². The van der Waals surface area contributed by atoms with Crippen molar-refractivity contribution < 1.29 is 24.5 Å². The molecule has 5 atom stereocenters. The zero-order valence-corrected chi connectivity index (χ0v) is 11.2. The van der Waals surface area contributed by atoms with Crippen LogP contribution in [0.2, 0.25) is 0 Å². The summed E-state index contributed by atoms with van der Waals surface area (Å²) in [6, 6.07) is -0.621. The number of carbonyl (C=O) groups is 1. The molecule has 1 rings (SSSR count). The second kappa shape index (κ2) is 7.27. The molecule has 0 radical (unpaired) electrons. The third-order valence-corrected chi connectivity index (χ3v) is 3.68. The van der Waals surface area contributed by atoms with Gasteiger partial charge in [0, 0.05) is 19.9 Å². The van der Waals surface area contributed by atoms with Crippen LogP contribution in [0.4, 0.5) is 0 Å². The highest BCUT2D eigenvalue weighted by atomic mass is 32.2. The van der Waals surface area contributed by atoms with Crippen LogP contribution < -0.4 is 11.1 Å². The predicted molar refractivity (Wildman–Crippen MR) is 66.8 cm³/mol. The van der Waals surface area contributed by atoms with E-state index < -0.39 is 29.8 Å². The Hall–Kier alpha value is -0.380. The van der Waals surface area contributed by atoms with Crippen molar-refractivity contribution in [2.75, 3.05) is 19.6 Å². The van der Waals surface area contributed by atoms with E-state index >= 15 is 0 Å². The molecule has 1 fully saturated rings. The van der Waals surface area contributed by atoms with E-state index in [1.807, 2.05) is 0 Å². The summed E-state index contributed by atoms with van der Waals surface area (Å²) in [6.45, 7) is 1.08. The summed E-state index contributed by atoms with van der Waals surface area (Å²) in [5.74, 6) is 0.00563. The quantitative estimate of drug-likeness (QED) is 0.441. The van der Waals surface area contributed by atoms with Gasteiger partial charge in [-0.05, 0) is 0 Å². The summed E-state index contributed by atoms with van der Waals surface area (Å²) < 4.78 is 10.7. The lowest BCUT2D eigenvalue weighted by Crippen LogP contribution is -2.63. The molecule has 0 aromatic rings. The minimum absolute atomic E-state index is 0.274. The zero-order valence-electron chi connectivity index (χ0n) is 10.4. The van der Waals surface area contributed by atoms with E-state index in [1.54, 1.807) is 0 Å². The number of hydrogen-bond donors (Lipinski definition) is 4. The molecule has 106 valence electrons. The first-order valence-corrected chi connectivity index (χ1v) is 6.66. The number of thioether (sulfide) groups is 1. The smallest absolute Gasteiger partial charge is 0.217 e. The van der Waals surface area contributed by atoms with E-state index in [-0.39, 0.29) is 18.4 Å². The molecular weight excluding hydrogens is 260 g/mol. The van der Waals surface area contributed by atoms with Crippen LogP contribution in [0, 0.1) is 0 Å². The normalized spacial score (nSPS) is 36.4. The molecule has 1 amide bonds. The molecule has 0 bridgehead atoms. The van der Waals surface area contributed by atoms with Gasteiger partial charge in [-0.15, -0.1) is 11.8 Å². The minimum atomic E-state index is -0.964. The fourth-order valence-corrected chi connectivity index (χ4v) is 2.83. The van der Waals surface area contributed by atoms with Gasteiger partial charge in [0.2, 0.25) is 5.91 Å². The molecule has 1 aliphatic heterocycles. The molecule has 0 spiro atoms. The largest absolute Gasteiger partial charge is 0.394 e. The molecule has 0 aliphatic carbocycles. The molecule has 7 nitrogen and oxygen atoms in total. The number of carbonyl (C=O) groups excluding carboxylic acids is 1. The van der Waals surface area contributed by atoms with Crippen molar-refractivity contribution in [3.05, 3.63) is 0 Å². The van der Waals surface area contributed by atoms with Crippen molar-refractivity contribution in [1.82, 2.24) is 5.32 Å². The highest BCUT2D eigenvalue weighted by Gasteiger charge is 2.45. The van der Waals surface area contributed by atoms with Crippen molar-refractivity contribution in [2.24, 2.45) is 5.73 Å². The fourth-order valence-electron chi connectivity index (χ4n) is 1.98. The van der Waals surface area contributed by atoms with Gasteiger partial charge < -0.3 is 30.7 Å². The monoisotopic (exact) mass is 280 g/mol. The average Bonchev–Trinajstić information content (AvgIpc) is 2.33. The molecular formula is C10H20N2O5S. The summed E-state index contributed by atoms with van der Waals surface area (Å²) >= 11 is 1.25. The van der Waals surface area contributed by atoms with Gasteiger partial charge in [0.05, 0.1) is 12.6 Å². The Morgan fingerprint density at radius 3 is 2.72 bits per heavy atom. The van der Waals surface area contributed by atoms with Crippen LogP contribution in [-0.4, -0.2) is 65.5 Å². The van der Waals surface area contributed by atoms with E-state index in [2.05, 4.69) is 5.32 Å². The van der Waals surface area contributed by atoms with Gasteiger partial charge in [0.15, 0.2) is 0 Å². The fraction of sp³-hybridized carbons (Fsp3) is 0.900. The van der Waals surface area contributed by atoms with Gasteiger partial charge >= 0.3 is 0 Å². The van der Waals surface area contributed by atoms with Gasteiger partial charge in [-0.3, -0.25) is 4.79 Å². The highest BCUT2D eigenvalue weighted by molar-refractivity contribution is 7.99. The summed E-state index contributed by atoms with van der Waals surface area (Å²) in [5, 5.41) is 22.0. The minimum Gasteiger partial charge on any atom is -0.394 e. The number of nitrogens with two attached hydrogens (primary N) is 1. The lowest BCUT2D eigenvalue weighted by atomic mass is 9.98. The van der Waals surface area contributed by atoms with Crippen LogP contribution in [0.15, 0.2) is 0 Å². The molecule has 1 saturated heterocycles. The summed E-state index contributed by atoms with van der Waals surface area (Å²) in [7, 11) is 1.42. The lowest BCUT2D eigenvalue weighted by Gasteiger charge is -2.43. The average molecular weight is 280 g/mol. The molecule has 5 N–H and O–H groups in total. The Balaban J connectivity index is 2.84. The van der Waals surface area contributed by atoms with Crippen LogP contribution in [0.25, 0.3) is 0 Å². The molecule has 1 aliphatic rings. The van der Waals surface area contributed by atoms with Crippen molar-refractivity contribution in [2.45, 2.75) is 36.7 Å². The number of methoxy groups -OCH3 is 1. The number of aliphatic hydroxyl groups is 2. The van der Waals surface area contributed by atoms with Crippen LogP contribution in [0.1, 0.15) is 6.92 Å². The van der Waals surface area contributed by atoms with Gasteiger partial charge in [-0.2, -0.15) is 0 Å². The van der Waals surface area contributed by atoms with Crippen LogP contribution >= 0.6 is 11.8 Å². The van der Waals surface area contributed by atoms with E-state index in [1.165, 1.54) is 25.8 Å². The Labute approximate surface area is 110 Å². The maximum absolute atomic E-state index is 11.1.